The number of amides is 2. The predicted molar refractivity (Wildman–Crippen MR) is 84.1 cm³/mol. The summed E-state index contributed by atoms with van der Waals surface area (Å²) >= 11 is 0. The van der Waals surface area contributed by atoms with Gasteiger partial charge >= 0.3 is 0 Å². The van der Waals surface area contributed by atoms with E-state index in [-0.39, 0.29) is 11.8 Å². The summed E-state index contributed by atoms with van der Waals surface area (Å²) in [6, 6.07) is 14.3. The molecule has 4 heteroatoms. The first-order valence-corrected chi connectivity index (χ1v) is 7.00. The van der Waals surface area contributed by atoms with Crippen LogP contribution in [-0.4, -0.2) is 16.8 Å². The Hall–Kier alpha value is -3.01. The summed E-state index contributed by atoms with van der Waals surface area (Å²) in [7, 11) is 0. The number of carbonyl (C=O) groups excluding carboxylic acids is 2. The maximum Gasteiger partial charge on any atom is 0.266 e. The molecule has 1 aromatic heterocycles. The van der Waals surface area contributed by atoms with E-state index >= 15 is 0 Å². The fourth-order valence-corrected chi connectivity index (χ4v) is 2.89. The zero-order chi connectivity index (χ0) is 15.3. The molecule has 2 aromatic carbocycles. The highest BCUT2D eigenvalue weighted by molar-refractivity contribution is 6.35. The Morgan fingerprint density at radius 2 is 1.55 bits per heavy atom. The number of pyridine rings is 1. The largest absolute Gasteiger partial charge is 0.268 e. The molecular weight excluding hydrogens is 276 g/mol. The monoisotopic (exact) mass is 288 g/mol. The van der Waals surface area contributed by atoms with Gasteiger partial charge in [-0.3, -0.25) is 14.6 Å². The fraction of sp³-hybridized carbons (Fsp3) is 0.0556. The summed E-state index contributed by atoms with van der Waals surface area (Å²) in [5, 5.41) is 0.941. The van der Waals surface area contributed by atoms with Gasteiger partial charge in [0.15, 0.2) is 0 Å². The lowest BCUT2D eigenvalue weighted by molar-refractivity contribution is 0.0926. The highest BCUT2D eigenvalue weighted by Gasteiger charge is 2.37. The van der Waals surface area contributed by atoms with Crippen LogP contribution in [0.15, 0.2) is 54.7 Å². The summed E-state index contributed by atoms with van der Waals surface area (Å²) < 4.78 is 0. The van der Waals surface area contributed by atoms with Crippen LogP contribution in [0.4, 0.5) is 5.69 Å². The number of nitrogens with zero attached hydrogens (tertiary/aromatic N) is 2. The third-order valence-corrected chi connectivity index (χ3v) is 4.00. The number of rotatable bonds is 1. The number of carbonyl (C=O) groups is 2. The first-order chi connectivity index (χ1) is 10.7. The number of hydrogen-bond donors (Lipinski definition) is 0. The van der Waals surface area contributed by atoms with Crippen molar-refractivity contribution in [3.8, 4) is 0 Å². The lowest BCUT2D eigenvalue weighted by Crippen LogP contribution is -2.29. The Kier molecular flexibility index (Phi) is 2.60. The smallest absolute Gasteiger partial charge is 0.266 e. The van der Waals surface area contributed by atoms with Crippen LogP contribution in [0.3, 0.4) is 0 Å². The fourth-order valence-electron chi connectivity index (χ4n) is 2.89. The molecule has 4 nitrogen and oxygen atoms in total. The van der Waals surface area contributed by atoms with Crippen LogP contribution in [-0.2, 0) is 0 Å². The first kappa shape index (κ1) is 12.7. The number of imide groups is 1. The van der Waals surface area contributed by atoms with E-state index in [9.17, 15) is 9.59 Å². The molecule has 0 fully saturated rings. The van der Waals surface area contributed by atoms with E-state index in [1.165, 1.54) is 4.90 Å². The third kappa shape index (κ3) is 1.61. The molecule has 3 aromatic rings. The second kappa shape index (κ2) is 4.49. The van der Waals surface area contributed by atoms with Gasteiger partial charge < -0.3 is 0 Å². The summed E-state index contributed by atoms with van der Waals surface area (Å²) in [6.45, 7) is 1.98. The molecule has 0 unspecified atom stereocenters. The van der Waals surface area contributed by atoms with Gasteiger partial charge in [-0.25, -0.2) is 4.90 Å². The van der Waals surface area contributed by atoms with Crippen LogP contribution in [0.5, 0.6) is 0 Å². The van der Waals surface area contributed by atoms with Gasteiger partial charge in [-0.05, 0) is 36.8 Å². The Morgan fingerprint density at radius 3 is 2.23 bits per heavy atom. The highest BCUT2D eigenvalue weighted by Crippen LogP contribution is 2.33. The van der Waals surface area contributed by atoms with Crippen molar-refractivity contribution >= 4 is 28.4 Å². The Bertz CT molecular complexity index is 912. The van der Waals surface area contributed by atoms with E-state index in [1.54, 1.807) is 36.5 Å². The summed E-state index contributed by atoms with van der Waals surface area (Å²) in [5.74, 6) is -0.590. The van der Waals surface area contributed by atoms with Crippen LogP contribution in [0.1, 0.15) is 26.3 Å². The molecule has 0 saturated carbocycles. The normalized spacial score (nSPS) is 13.8. The third-order valence-electron chi connectivity index (χ3n) is 4.00. The summed E-state index contributed by atoms with van der Waals surface area (Å²) in [5.41, 5.74) is 3.14. The van der Waals surface area contributed by atoms with Crippen molar-refractivity contribution in [1.82, 2.24) is 4.98 Å². The molecule has 106 valence electrons. The Morgan fingerprint density at radius 1 is 0.864 bits per heavy atom. The van der Waals surface area contributed by atoms with Crippen LogP contribution in [0.25, 0.3) is 10.9 Å². The lowest BCUT2D eigenvalue weighted by Gasteiger charge is -2.16. The maximum atomic E-state index is 12.6. The molecule has 4 rings (SSSR count). The minimum absolute atomic E-state index is 0.295. The van der Waals surface area contributed by atoms with E-state index in [0.717, 1.165) is 10.9 Å². The maximum absolute atomic E-state index is 12.6. The Labute approximate surface area is 127 Å². The number of para-hydroxylation sites is 1. The minimum Gasteiger partial charge on any atom is -0.268 e. The van der Waals surface area contributed by atoms with Crippen molar-refractivity contribution in [2.24, 2.45) is 0 Å². The van der Waals surface area contributed by atoms with Crippen molar-refractivity contribution < 1.29 is 9.59 Å². The molecule has 0 atom stereocenters. The van der Waals surface area contributed by atoms with E-state index in [1.807, 2.05) is 25.1 Å². The first-order valence-electron chi connectivity index (χ1n) is 7.00. The summed E-state index contributed by atoms with van der Waals surface area (Å²) in [6.07, 6.45) is 1.69. The predicted octanol–water partition coefficient (Wildman–Crippen LogP) is 3.34. The van der Waals surface area contributed by atoms with E-state index in [4.69, 9.17) is 0 Å². The van der Waals surface area contributed by atoms with Gasteiger partial charge in [0.1, 0.15) is 0 Å². The molecule has 22 heavy (non-hydrogen) atoms. The molecule has 0 radical (unpaired) electrons. The molecule has 0 saturated heterocycles. The molecule has 0 spiro atoms. The van der Waals surface area contributed by atoms with Crippen molar-refractivity contribution in [2.75, 3.05) is 4.90 Å². The number of anilines is 1. The van der Waals surface area contributed by atoms with Crippen molar-refractivity contribution in [3.63, 3.8) is 0 Å². The van der Waals surface area contributed by atoms with Gasteiger partial charge in [0.2, 0.25) is 0 Å². The molecule has 2 heterocycles. The molecule has 0 N–H and O–H groups in total. The SMILES string of the molecule is Cc1ccnc2c(N3C(=O)c4ccccc4C3=O)cccc12. The molecular formula is C18H12N2O2. The van der Waals surface area contributed by atoms with E-state index in [2.05, 4.69) is 4.98 Å². The van der Waals surface area contributed by atoms with Gasteiger partial charge in [0.25, 0.3) is 11.8 Å². The molecule has 1 aliphatic heterocycles. The second-order valence-corrected chi connectivity index (χ2v) is 5.29. The zero-order valence-corrected chi connectivity index (χ0v) is 11.9. The van der Waals surface area contributed by atoms with Crippen LogP contribution in [0.2, 0.25) is 0 Å². The zero-order valence-electron chi connectivity index (χ0n) is 11.9. The second-order valence-electron chi connectivity index (χ2n) is 5.29. The number of benzene rings is 2. The van der Waals surface area contributed by atoms with Gasteiger partial charge in [0, 0.05) is 11.6 Å². The standard InChI is InChI=1S/C18H12N2O2/c1-11-9-10-19-16-12(11)7-4-8-15(16)20-17(21)13-5-2-3-6-14(13)18(20)22/h2-10H,1H3. The highest BCUT2D eigenvalue weighted by atomic mass is 16.2. The Balaban J connectivity index is 1.97. The molecule has 2 amide bonds. The number of hydrogen-bond acceptors (Lipinski definition) is 3. The molecule has 0 bridgehead atoms. The minimum atomic E-state index is -0.295. The van der Waals surface area contributed by atoms with Gasteiger partial charge in [-0.15, -0.1) is 0 Å². The van der Waals surface area contributed by atoms with Gasteiger partial charge in [-0.1, -0.05) is 24.3 Å². The van der Waals surface area contributed by atoms with Gasteiger partial charge in [0.05, 0.1) is 22.3 Å². The average Bonchev–Trinajstić information content (AvgIpc) is 2.80. The summed E-state index contributed by atoms with van der Waals surface area (Å²) in [4.78, 5) is 30.8. The van der Waals surface area contributed by atoms with Crippen LogP contribution in [0, 0.1) is 6.92 Å². The number of aromatic nitrogens is 1. The topological polar surface area (TPSA) is 50.3 Å². The van der Waals surface area contributed by atoms with E-state index < -0.39 is 0 Å². The number of fused-ring (bicyclic) bond motifs is 2. The van der Waals surface area contributed by atoms with Crippen LogP contribution >= 0.6 is 0 Å². The van der Waals surface area contributed by atoms with Gasteiger partial charge in [-0.2, -0.15) is 0 Å². The van der Waals surface area contributed by atoms with Crippen molar-refractivity contribution in [1.29, 1.82) is 0 Å². The average molecular weight is 288 g/mol. The van der Waals surface area contributed by atoms with Crippen molar-refractivity contribution in [3.05, 3.63) is 71.4 Å². The lowest BCUT2D eigenvalue weighted by atomic mass is 10.1. The molecule has 1 aliphatic rings. The van der Waals surface area contributed by atoms with Crippen molar-refractivity contribution in [2.45, 2.75) is 6.92 Å². The number of aryl methyl sites for hydroxylation is 1. The van der Waals surface area contributed by atoms with Crippen LogP contribution < -0.4 is 4.90 Å². The quantitative estimate of drug-likeness (QED) is 0.645. The van der Waals surface area contributed by atoms with E-state index in [0.29, 0.717) is 22.3 Å². The molecule has 0 aliphatic carbocycles.